The summed E-state index contributed by atoms with van der Waals surface area (Å²) in [6, 6.07) is -3.40. The van der Waals surface area contributed by atoms with Gasteiger partial charge in [0.1, 0.15) is 12.1 Å². The number of likely N-dealkylation sites (tertiary alicyclic amines) is 1. The number of ketones is 1. The van der Waals surface area contributed by atoms with Crippen molar-refractivity contribution in [1.29, 1.82) is 0 Å². The maximum Gasteiger partial charge on any atom is 0.315 e. The van der Waals surface area contributed by atoms with Gasteiger partial charge in [-0.3, -0.25) is 19.2 Å². The van der Waals surface area contributed by atoms with Crippen LogP contribution in [0.4, 0.5) is 4.79 Å². The Bertz CT molecular complexity index is 1250. The summed E-state index contributed by atoms with van der Waals surface area (Å²) in [4.78, 5) is 68.3. The highest BCUT2D eigenvalue weighted by atomic mass is 32.2. The summed E-state index contributed by atoms with van der Waals surface area (Å²) in [5.74, 6) is -1.73. The molecule has 0 aromatic rings. The number of sulfone groups is 1. The van der Waals surface area contributed by atoms with Gasteiger partial charge in [0.2, 0.25) is 17.6 Å². The summed E-state index contributed by atoms with van der Waals surface area (Å²) < 4.78 is 25.1. The number of rotatable bonds is 13. The third-order valence-electron chi connectivity index (χ3n) is 10.1. The first-order valence-electron chi connectivity index (χ1n) is 16.7. The Morgan fingerprint density at radius 2 is 1.56 bits per heavy atom. The molecule has 5 amide bonds. The molecule has 13 heteroatoms. The zero-order valence-electron chi connectivity index (χ0n) is 27.6. The smallest absolute Gasteiger partial charge is 0.315 e. The first kappa shape index (κ1) is 35.2. The first-order valence-corrected chi connectivity index (χ1v) is 18.7. The highest BCUT2D eigenvalue weighted by Gasteiger charge is 2.46. The maximum absolute atomic E-state index is 14.1. The summed E-state index contributed by atoms with van der Waals surface area (Å²) in [6.45, 7) is 7.40. The van der Waals surface area contributed by atoms with Crippen LogP contribution in [0.5, 0.6) is 0 Å². The van der Waals surface area contributed by atoms with Crippen molar-refractivity contribution in [2.24, 2.45) is 11.3 Å². The highest BCUT2D eigenvalue weighted by Crippen LogP contribution is 2.35. The molecule has 4 fully saturated rings. The van der Waals surface area contributed by atoms with E-state index >= 15 is 0 Å². The van der Waals surface area contributed by atoms with Gasteiger partial charge in [0.15, 0.2) is 9.84 Å². The average Bonchev–Trinajstić information content (AvgIpc) is 3.90. The molecule has 45 heavy (non-hydrogen) atoms. The maximum atomic E-state index is 14.1. The number of urea groups is 1. The van der Waals surface area contributed by atoms with Crippen LogP contribution in [0, 0.1) is 11.3 Å². The van der Waals surface area contributed by atoms with E-state index in [1.54, 1.807) is 6.92 Å². The SMILES string of the molecule is C[C@H](C1(NC(=O)N[C@H](C(=O)N2CCC[C@H]2C(=O)N[C@@H](CCC2CC2)C(=O)C(=O)NC2CC2)C(C)(C)C)CCCCC1)S(C)(=O)=O. The quantitative estimate of drug-likeness (QED) is 0.222. The summed E-state index contributed by atoms with van der Waals surface area (Å²) in [7, 11) is -3.45. The molecule has 3 aliphatic carbocycles. The van der Waals surface area contributed by atoms with E-state index in [-0.39, 0.29) is 6.04 Å². The lowest BCUT2D eigenvalue weighted by atomic mass is 9.79. The molecule has 0 aromatic heterocycles. The topological polar surface area (TPSA) is 171 Å². The molecule has 0 aromatic carbocycles. The molecule has 4 atom stereocenters. The third-order valence-corrected chi connectivity index (χ3v) is 11.8. The van der Waals surface area contributed by atoms with Crippen molar-refractivity contribution in [3.8, 4) is 0 Å². The zero-order valence-corrected chi connectivity index (χ0v) is 28.4. The first-order chi connectivity index (χ1) is 21.0. The second kappa shape index (κ2) is 14.0. The predicted octanol–water partition coefficient (Wildman–Crippen LogP) is 2.35. The Hall–Kier alpha value is -2.70. The minimum absolute atomic E-state index is 0.0192. The van der Waals surface area contributed by atoms with Gasteiger partial charge in [0, 0.05) is 18.8 Å². The molecule has 1 saturated heterocycles. The summed E-state index contributed by atoms with van der Waals surface area (Å²) >= 11 is 0. The lowest BCUT2D eigenvalue weighted by molar-refractivity contribution is -0.143. The average molecular weight is 652 g/mol. The molecule has 3 saturated carbocycles. The second-order valence-electron chi connectivity index (χ2n) is 15.0. The van der Waals surface area contributed by atoms with Gasteiger partial charge in [-0.15, -0.1) is 0 Å². The van der Waals surface area contributed by atoms with Crippen LogP contribution >= 0.6 is 0 Å². The summed E-state index contributed by atoms with van der Waals surface area (Å²) in [6.07, 6.45) is 10.7. The fourth-order valence-corrected chi connectivity index (χ4v) is 7.84. The van der Waals surface area contributed by atoms with Crippen molar-refractivity contribution in [2.45, 2.75) is 146 Å². The Labute approximate surface area is 267 Å². The van der Waals surface area contributed by atoms with Gasteiger partial charge in [-0.1, -0.05) is 52.9 Å². The van der Waals surface area contributed by atoms with Crippen LogP contribution in [-0.4, -0.2) is 90.6 Å². The fourth-order valence-electron chi connectivity index (χ4n) is 6.72. The van der Waals surface area contributed by atoms with E-state index in [1.807, 2.05) is 20.8 Å². The van der Waals surface area contributed by atoms with Crippen molar-refractivity contribution >= 4 is 39.4 Å². The molecule has 254 valence electrons. The predicted molar refractivity (Wildman–Crippen MR) is 170 cm³/mol. The number of carbonyl (C=O) groups excluding carboxylic acids is 5. The van der Waals surface area contributed by atoms with Crippen LogP contribution in [0.25, 0.3) is 0 Å². The van der Waals surface area contributed by atoms with Crippen LogP contribution in [-0.2, 0) is 29.0 Å². The van der Waals surface area contributed by atoms with Crippen molar-refractivity contribution in [2.75, 3.05) is 12.8 Å². The number of nitrogens with zero attached hydrogens (tertiary/aromatic N) is 1. The van der Waals surface area contributed by atoms with Gasteiger partial charge < -0.3 is 26.2 Å². The Morgan fingerprint density at radius 1 is 0.911 bits per heavy atom. The van der Waals surface area contributed by atoms with E-state index < -0.39 is 73.7 Å². The molecule has 0 unspecified atom stereocenters. The van der Waals surface area contributed by atoms with E-state index in [9.17, 15) is 32.4 Å². The molecule has 0 bridgehead atoms. The van der Waals surface area contributed by atoms with E-state index in [4.69, 9.17) is 0 Å². The van der Waals surface area contributed by atoms with E-state index in [0.717, 1.165) is 51.4 Å². The molecule has 1 heterocycles. The fraction of sp³-hybridized carbons (Fsp3) is 0.844. The third kappa shape index (κ3) is 9.19. The number of Topliss-reactive ketones (excluding diaryl/α,β-unsaturated/α-hetero) is 1. The minimum Gasteiger partial charge on any atom is -0.347 e. The van der Waals surface area contributed by atoms with Crippen molar-refractivity contribution in [3.05, 3.63) is 0 Å². The number of hydrogen-bond acceptors (Lipinski definition) is 7. The van der Waals surface area contributed by atoms with Gasteiger partial charge in [-0.2, -0.15) is 0 Å². The molecular weight excluding hydrogens is 598 g/mol. The Kier molecular flexibility index (Phi) is 10.9. The van der Waals surface area contributed by atoms with Crippen LogP contribution in [0.15, 0.2) is 0 Å². The van der Waals surface area contributed by atoms with Crippen LogP contribution < -0.4 is 21.3 Å². The summed E-state index contributed by atoms with van der Waals surface area (Å²) in [5.41, 5.74) is -1.67. The molecule has 4 N–H and O–H groups in total. The molecule has 12 nitrogen and oxygen atoms in total. The molecule has 0 radical (unpaired) electrons. The molecule has 0 spiro atoms. The Morgan fingerprint density at radius 3 is 2.11 bits per heavy atom. The number of nitrogens with one attached hydrogen (secondary N) is 4. The van der Waals surface area contributed by atoms with Crippen LogP contribution in [0.3, 0.4) is 0 Å². The molecular formula is C32H53N5O7S. The van der Waals surface area contributed by atoms with Gasteiger partial charge in [0.25, 0.3) is 5.91 Å². The largest absolute Gasteiger partial charge is 0.347 e. The van der Waals surface area contributed by atoms with Gasteiger partial charge in [-0.25, -0.2) is 13.2 Å². The minimum atomic E-state index is -3.45. The van der Waals surface area contributed by atoms with Crippen LogP contribution in [0.2, 0.25) is 0 Å². The lowest BCUT2D eigenvalue weighted by Gasteiger charge is -2.43. The standard InChI is InChI=1S/C32H53N5O7S/c1-20(45(5,43)44)32(17-7-6-8-18-32)36-30(42)35-26(31(2,3)4)29(41)37-19-9-10-24(37)27(39)34-23(16-13-21-11-12-21)25(38)28(40)33-22-14-15-22/h20-24,26H,6-19H2,1-5H3,(H,33,40)(H,34,39)(H2,35,36,42)/t20-,23+,24+,26-/m1/s1. The monoisotopic (exact) mass is 651 g/mol. The van der Waals surface area contributed by atoms with Gasteiger partial charge in [0.05, 0.1) is 16.8 Å². The second-order valence-corrected chi connectivity index (χ2v) is 17.3. The molecule has 4 aliphatic rings. The zero-order chi connectivity index (χ0) is 33.2. The number of hydrogen-bond donors (Lipinski definition) is 4. The highest BCUT2D eigenvalue weighted by molar-refractivity contribution is 7.91. The normalized spacial score (nSPS) is 23.8. The number of carbonyl (C=O) groups is 5. The van der Waals surface area contributed by atoms with Crippen molar-refractivity contribution in [3.63, 3.8) is 0 Å². The Balaban J connectivity index is 1.46. The molecule has 1 aliphatic heterocycles. The van der Waals surface area contributed by atoms with Gasteiger partial charge in [-0.05, 0) is 69.6 Å². The molecule has 4 rings (SSSR count). The van der Waals surface area contributed by atoms with E-state index in [1.165, 1.54) is 11.2 Å². The van der Waals surface area contributed by atoms with Crippen LogP contribution in [0.1, 0.15) is 111 Å². The lowest BCUT2D eigenvalue weighted by Crippen LogP contribution is -2.64. The van der Waals surface area contributed by atoms with Gasteiger partial charge >= 0.3 is 6.03 Å². The van der Waals surface area contributed by atoms with E-state index in [2.05, 4.69) is 21.3 Å². The summed E-state index contributed by atoms with van der Waals surface area (Å²) in [5, 5.41) is 10.5. The van der Waals surface area contributed by atoms with Crippen molar-refractivity contribution in [1.82, 2.24) is 26.2 Å². The number of amides is 5. The van der Waals surface area contributed by atoms with E-state index in [0.29, 0.717) is 44.6 Å². The van der Waals surface area contributed by atoms with Crippen molar-refractivity contribution < 1.29 is 32.4 Å².